The van der Waals surface area contributed by atoms with Crippen LogP contribution in [0.25, 0.3) is 0 Å². The largest absolute Gasteiger partial charge is 0.350 e. The molecule has 1 atom stereocenters. The van der Waals surface area contributed by atoms with Gasteiger partial charge in [0.05, 0.1) is 4.90 Å². The van der Waals surface area contributed by atoms with E-state index >= 15 is 0 Å². The van der Waals surface area contributed by atoms with Crippen molar-refractivity contribution in [3.05, 3.63) is 59.4 Å². The minimum Gasteiger partial charge on any atom is -0.350 e. The molecule has 194 valence electrons. The standard InChI is InChI=1S/C24H29ClFN5O4S/c25-16-3-1-4-20(15-16)29-24(33)30-13-2-14-31(36(34,35)21-11-5-17(26)6-12-21)23(30)22(32)28-19-9-7-18(27)8-10-19/h1,3-6,11-12,15,18-19,23H,2,7-10,13-14,27H2,(H,28,32)(H,29,33). The quantitative estimate of drug-likeness (QED) is 0.540. The van der Waals surface area contributed by atoms with Gasteiger partial charge in [-0.3, -0.25) is 9.69 Å². The molecule has 1 aliphatic heterocycles. The fourth-order valence-electron chi connectivity index (χ4n) is 4.58. The van der Waals surface area contributed by atoms with Crippen LogP contribution in [0.5, 0.6) is 0 Å². The van der Waals surface area contributed by atoms with Crippen molar-refractivity contribution in [2.75, 3.05) is 18.4 Å². The highest BCUT2D eigenvalue weighted by Crippen LogP contribution is 2.27. The molecule has 2 aliphatic rings. The van der Waals surface area contributed by atoms with Gasteiger partial charge in [0.25, 0.3) is 5.91 Å². The number of nitrogens with two attached hydrogens (primary N) is 1. The molecule has 2 aromatic rings. The van der Waals surface area contributed by atoms with Crippen molar-refractivity contribution in [1.82, 2.24) is 14.5 Å². The van der Waals surface area contributed by atoms with E-state index in [4.69, 9.17) is 17.3 Å². The number of amides is 3. The first kappa shape index (κ1) is 26.3. The first-order valence-electron chi connectivity index (χ1n) is 11.8. The number of hydrogen-bond acceptors (Lipinski definition) is 5. The molecule has 9 nitrogen and oxygen atoms in total. The van der Waals surface area contributed by atoms with E-state index in [2.05, 4.69) is 10.6 Å². The van der Waals surface area contributed by atoms with Crippen molar-refractivity contribution in [2.45, 2.75) is 55.2 Å². The summed E-state index contributed by atoms with van der Waals surface area (Å²) in [5.74, 6) is -1.18. The highest BCUT2D eigenvalue weighted by atomic mass is 35.5. The maximum absolute atomic E-state index is 13.6. The summed E-state index contributed by atoms with van der Waals surface area (Å²) in [7, 11) is -4.23. The van der Waals surface area contributed by atoms with E-state index in [1.165, 1.54) is 4.90 Å². The Hall–Kier alpha value is -2.73. The lowest BCUT2D eigenvalue weighted by Crippen LogP contribution is -2.65. The van der Waals surface area contributed by atoms with Crippen molar-refractivity contribution in [1.29, 1.82) is 0 Å². The van der Waals surface area contributed by atoms with Crippen LogP contribution in [0, 0.1) is 5.82 Å². The Balaban J connectivity index is 1.64. The van der Waals surface area contributed by atoms with Crippen LogP contribution in [0.3, 0.4) is 0 Å². The maximum atomic E-state index is 13.6. The highest BCUT2D eigenvalue weighted by molar-refractivity contribution is 7.89. The second-order valence-corrected chi connectivity index (χ2v) is 11.4. The highest BCUT2D eigenvalue weighted by Gasteiger charge is 2.44. The predicted molar refractivity (Wildman–Crippen MR) is 134 cm³/mol. The zero-order valence-electron chi connectivity index (χ0n) is 19.6. The van der Waals surface area contributed by atoms with Gasteiger partial charge in [-0.05, 0) is 74.6 Å². The molecule has 36 heavy (non-hydrogen) atoms. The molecule has 2 fully saturated rings. The summed E-state index contributed by atoms with van der Waals surface area (Å²) >= 11 is 6.02. The normalized spacial score (nSPS) is 23.2. The van der Waals surface area contributed by atoms with E-state index < -0.39 is 33.9 Å². The third-order valence-corrected chi connectivity index (χ3v) is 8.56. The van der Waals surface area contributed by atoms with E-state index in [-0.39, 0.29) is 30.1 Å². The zero-order valence-corrected chi connectivity index (χ0v) is 21.1. The lowest BCUT2D eigenvalue weighted by atomic mass is 9.92. The molecule has 0 bridgehead atoms. The summed E-state index contributed by atoms with van der Waals surface area (Å²) < 4.78 is 41.6. The third-order valence-electron chi connectivity index (χ3n) is 6.46. The number of urea groups is 1. The number of anilines is 1. The van der Waals surface area contributed by atoms with Crippen molar-refractivity contribution in [3.63, 3.8) is 0 Å². The molecule has 2 aromatic carbocycles. The predicted octanol–water partition coefficient (Wildman–Crippen LogP) is 3.12. The van der Waals surface area contributed by atoms with E-state index in [0.717, 1.165) is 41.4 Å². The van der Waals surface area contributed by atoms with Crippen molar-refractivity contribution >= 4 is 39.2 Å². The Labute approximate surface area is 214 Å². The molecule has 12 heteroatoms. The monoisotopic (exact) mass is 537 g/mol. The number of nitrogens with one attached hydrogen (secondary N) is 2. The molecular weight excluding hydrogens is 509 g/mol. The van der Waals surface area contributed by atoms with Gasteiger partial charge in [-0.15, -0.1) is 0 Å². The Morgan fingerprint density at radius 2 is 1.72 bits per heavy atom. The average molecular weight is 538 g/mol. The van der Waals surface area contributed by atoms with Gasteiger partial charge in [-0.1, -0.05) is 17.7 Å². The molecule has 4 rings (SSSR count). The molecule has 4 N–H and O–H groups in total. The van der Waals surface area contributed by atoms with Gasteiger partial charge in [0.15, 0.2) is 6.17 Å². The van der Waals surface area contributed by atoms with E-state index in [9.17, 15) is 22.4 Å². The number of rotatable bonds is 5. The van der Waals surface area contributed by atoms with Gasteiger partial charge < -0.3 is 16.4 Å². The topological polar surface area (TPSA) is 125 Å². The van der Waals surface area contributed by atoms with Gasteiger partial charge in [-0.2, -0.15) is 4.31 Å². The van der Waals surface area contributed by atoms with Crippen molar-refractivity contribution < 1.29 is 22.4 Å². The molecule has 1 unspecified atom stereocenters. The summed E-state index contributed by atoms with van der Waals surface area (Å²) in [6.45, 7) is 0.184. The van der Waals surface area contributed by atoms with Crippen LogP contribution in [-0.2, 0) is 14.8 Å². The SMILES string of the molecule is NC1CCC(NC(=O)C2N(C(=O)Nc3cccc(Cl)c3)CCCN2S(=O)(=O)c2ccc(F)cc2)CC1. The van der Waals surface area contributed by atoms with Crippen LogP contribution in [0.1, 0.15) is 32.1 Å². The molecule has 1 heterocycles. The number of nitrogens with zero attached hydrogens (tertiary/aromatic N) is 2. The van der Waals surface area contributed by atoms with Crippen molar-refractivity contribution in [2.24, 2.45) is 5.73 Å². The molecule has 0 spiro atoms. The number of benzene rings is 2. The zero-order chi connectivity index (χ0) is 25.9. The van der Waals surface area contributed by atoms with Gasteiger partial charge in [0.2, 0.25) is 10.0 Å². The number of carbonyl (C=O) groups is 2. The summed E-state index contributed by atoms with van der Waals surface area (Å²) in [5, 5.41) is 6.04. The molecule has 0 radical (unpaired) electrons. The second kappa shape index (κ2) is 11.1. The average Bonchev–Trinajstić information content (AvgIpc) is 2.85. The van der Waals surface area contributed by atoms with Crippen molar-refractivity contribution in [3.8, 4) is 0 Å². The summed E-state index contributed by atoms with van der Waals surface area (Å²) in [6, 6.07) is 10.1. The van der Waals surface area contributed by atoms with Crippen LogP contribution >= 0.6 is 11.6 Å². The number of hydrogen-bond donors (Lipinski definition) is 3. The number of halogens is 2. The lowest BCUT2D eigenvalue weighted by molar-refractivity contribution is -0.131. The fraction of sp³-hybridized carbons (Fsp3) is 0.417. The lowest BCUT2D eigenvalue weighted by Gasteiger charge is -2.42. The molecule has 1 aliphatic carbocycles. The molecule has 1 saturated carbocycles. The van der Waals surface area contributed by atoms with Gasteiger partial charge >= 0.3 is 6.03 Å². The van der Waals surface area contributed by atoms with Crippen LogP contribution in [-0.4, -0.2) is 60.9 Å². The second-order valence-electron chi connectivity index (χ2n) is 9.05. The summed E-state index contributed by atoms with van der Waals surface area (Å²) in [5.41, 5.74) is 6.38. The number of carbonyl (C=O) groups excluding carboxylic acids is 2. The Bertz CT molecular complexity index is 1210. The fourth-order valence-corrected chi connectivity index (χ4v) is 6.36. The van der Waals surface area contributed by atoms with Crippen LogP contribution < -0.4 is 16.4 Å². The summed E-state index contributed by atoms with van der Waals surface area (Å²) in [4.78, 5) is 27.9. The maximum Gasteiger partial charge on any atom is 0.323 e. The van der Waals surface area contributed by atoms with Gasteiger partial charge in [0.1, 0.15) is 5.82 Å². The molecule has 3 amide bonds. The smallest absolute Gasteiger partial charge is 0.323 e. The first-order valence-corrected chi connectivity index (χ1v) is 13.6. The van der Waals surface area contributed by atoms with Gasteiger partial charge in [-0.25, -0.2) is 17.6 Å². The Morgan fingerprint density at radius 1 is 1.03 bits per heavy atom. The van der Waals surface area contributed by atoms with Gasteiger partial charge in [0, 0.05) is 35.9 Å². The van der Waals surface area contributed by atoms with Crippen LogP contribution in [0.15, 0.2) is 53.4 Å². The van der Waals surface area contributed by atoms with E-state index in [1.54, 1.807) is 24.3 Å². The van der Waals surface area contributed by atoms with Crippen LogP contribution in [0.2, 0.25) is 5.02 Å². The van der Waals surface area contributed by atoms with E-state index in [0.29, 0.717) is 30.0 Å². The van der Waals surface area contributed by atoms with E-state index in [1.807, 2.05) is 0 Å². The molecular formula is C24H29ClFN5O4S. The number of sulfonamides is 1. The molecule has 0 aromatic heterocycles. The minimum absolute atomic E-state index is 0.0221. The first-order chi connectivity index (χ1) is 17.1. The third kappa shape index (κ3) is 5.97. The minimum atomic E-state index is -4.23. The van der Waals surface area contributed by atoms with Crippen LogP contribution in [0.4, 0.5) is 14.9 Å². The summed E-state index contributed by atoms with van der Waals surface area (Å²) in [6.07, 6.45) is 1.70. The Morgan fingerprint density at radius 3 is 2.39 bits per heavy atom. The molecule has 1 saturated heterocycles. The Kier molecular flexibility index (Phi) is 8.13.